The number of methoxy groups -OCH3 is 1. The molecule has 0 aliphatic carbocycles. The third-order valence-electron chi connectivity index (χ3n) is 4.24. The van der Waals surface area contributed by atoms with Gasteiger partial charge in [-0.1, -0.05) is 13.8 Å². The molecule has 2 rings (SSSR count). The van der Waals surface area contributed by atoms with Gasteiger partial charge in [0.05, 0.1) is 23.3 Å². The number of rotatable bonds is 7. The molecule has 0 unspecified atom stereocenters. The molecular weight excluding hydrogens is 409 g/mol. The highest BCUT2D eigenvalue weighted by molar-refractivity contribution is 7.89. The van der Waals surface area contributed by atoms with Crippen LogP contribution in [-0.2, 0) is 16.2 Å². The minimum atomic E-state index is -4.51. The van der Waals surface area contributed by atoms with Gasteiger partial charge in [-0.05, 0) is 42.5 Å². The Labute approximate surface area is 167 Å². The van der Waals surface area contributed by atoms with E-state index in [1.165, 1.54) is 29.6 Å². The molecule has 0 heterocycles. The predicted molar refractivity (Wildman–Crippen MR) is 102 cm³/mol. The third-order valence-corrected chi connectivity index (χ3v) is 6.28. The van der Waals surface area contributed by atoms with Crippen LogP contribution in [0.2, 0.25) is 0 Å². The largest absolute Gasteiger partial charge is 0.495 e. The summed E-state index contributed by atoms with van der Waals surface area (Å²) in [5.41, 5.74) is -0.804. The number of ether oxygens (including phenoxy) is 1. The summed E-state index contributed by atoms with van der Waals surface area (Å²) in [7, 11) is -2.42. The van der Waals surface area contributed by atoms with E-state index in [4.69, 9.17) is 4.74 Å². The molecule has 10 heteroatoms. The van der Waals surface area contributed by atoms with Crippen LogP contribution in [0.4, 0.5) is 18.9 Å². The number of halogens is 3. The number of nitrogens with zero attached hydrogens (tertiary/aromatic N) is 1. The summed E-state index contributed by atoms with van der Waals surface area (Å²) in [6.45, 7) is 3.96. The van der Waals surface area contributed by atoms with E-state index < -0.39 is 27.7 Å². The van der Waals surface area contributed by atoms with E-state index in [0.29, 0.717) is 0 Å². The lowest BCUT2D eigenvalue weighted by atomic mass is 10.1. The molecule has 0 radical (unpaired) electrons. The van der Waals surface area contributed by atoms with Crippen LogP contribution >= 0.6 is 0 Å². The van der Waals surface area contributed by atoms with E-state index in [9.17, 15) is 26.4 Å². The van der Waals surface area contributed by atoms with Gasteiger partial charge in [0, 0.05) is 18.7 Å². The second-order valence-electron chi connectivity index (χ2n) is 5.98. The van der Waals surface area contributed by atoms with Crippen LogP contribution in [0.1, 0.15) is 29.8 Å². The first-order valence-corrected chi connectivity index (χ1v) is 10.1. The van der Waals surface area contributed by atoms with Crippen molar-refractivity contribution >= 4 is 21.6 Å². The maximum absolute atomic E-state index is 12.7. The number of carbonyl (C=O) groups is 1. The molecule has 158 valence electrons. The topological polar surface area (TPSA) is 75.7 Å². The zero-order valence-electron chi connectivity index (χ0n) is 16.1. The second kappa shape index (κ2) is 8.83. The molecule has 0 saturated carbocycles. The van der Waals surface area contributed by atoms with E-state index in [0.717, 1.165) is 24.3 Å². The molecule has 0 aliphatic rings. The van der Waals surface area contributed by atoms with E-state index in [1.54, 1.807) is 13.8 Å². The molecule has 0 bridgehead atoms. The monoisotopic (exact) mass is 430 g/mol. The lowest BCUT2D eigenvalue weighted by Gasteiger charge is -2.19. The highest BCUT2D eigenvalue weighted by atomic mass is 32.2. The minimum absolute atomic E-state index is 0.0166. The van der Waals surface area contributed by atoms with Gasteiger partial charge in [-0.15, -0.1) is 0 Å². The maximum atomic E-state index is 12.7. The molecule has 6 nitrogen and oxygen atoms in total. The Hall–Kier alpha value is -2.59. The quantitative estimate of drug-likeness (QED) is 0.721. The van der Waals surface area contributed by atoms with Crippen LogP contribution in [-0.4, -0.2) is 38.8 Å². The van der Waals surface area contributed by atoms with Gasteiger partial charge in [0.15, 0.2) is 0 Å². The summed E-state index contributed by atoms with van der Waals surface area (Å²) in [6.07, 6.45) is -4.51. The normalized spacial score (nSPS) is 12.1. The van der Waals surface area contributed by atoms with Crippen molar-refractivity contribution in [3.63, 3.8) is 0 Å². The Balaban J connectivity index is 2.35. The summed E-state index contributed by atoms with van der Waals surface area (Å²) < 4.78 is 69.8. The predicted octanol–water partition coefficient (Wildman–Crippen LogP) is 4.00. The van der Waals surface area contributed by atoms with Gasteiger partial charge in [-0.2, -0.15) is 17.5 Å². The fourth-order valence-corrected chi connectivity index (χ4v) is 4.15. The molecule has 0 aliphatic heterocycles. The van der Waals surface area contributed by atoms with Gasteiger partial charge in [0.25, 0.3) is 5.91 Å². The van der Waals surface area contributed by atoms with Crippen molar-refractivity contribution in [3.8, 4) is 5.75 Å². The minimum Gasteiger partial charge on any atom is -0.495 e. The van der Waals surface area contributed by atoms with Crippen molar-refractivity contribution < 1.29 is 31.1 Å². The average molecular weight is 430 g/mol. The number of sulfonamides is 1. The Morgan fingerprint density at radius 3 is 2.14 bits per heavy atom. The smallest absolute Gasteiger partial charge is 0.416 e. The van der Waals surface area contributed by atoms with E-state index in [-0.39, 0.29) is 35.0 Å². The molecule has 0 spiro atoms. The Morgan fingerprint density at radius 2 is 1.66 bits per heavy atom. The van der Waals surface area contributed by atoms with Crippen molar-refractivity contribution in [2.45, 2.75) is 24.9 Å². The van der Waals surface area contributed by atoms with Gasteiger partial charge >= 0.3 is 6.18 Å². The number of amides is 1. The Bertz CT molecular complexity index is 970. The van der Waals surface area contributed by atoms with Gasteiger partial charge in [-0.25, -0.2) is 8.42 Å². The summed E-state index contributed by atoms with van der Waals surface area (Å²) in [5, 5.41) is 2.50. The zero-order valence-corrected chi connectivity index (χ0v) is 16.9. The highest BCUT2D eigenvalue weighted by Crippen LogP contribution is 2.31. The standard InChI is InChI=1S/C19H21F3N2O4S/c1-4-24(5-2)29(26,27)15-10-11-17(28-3)16(12-15)23-18(25)13-6-8-14(9-7-13)19(20,21)22/h6-12H,4-5H2,1-3H3,(H,23,25). The van der Waals surface area contributed by atoms with Crippen molar-refractivity contribution in [3.05, 3.63) is 53.6 Å². The molecular formula is C19H21F3N2O4S. The molecule has 1 N–H and O–H groups in total. The number of benzene rings is 2. The van der Waals surface area contributed by atoms with Crippen LogP contribution in [0.5, 0.6) is 5.75 Å². The van der Waals surface area contributed by atoms with Crippen molar-refractivity contribution in [1.82, 2.24) is 4.31 Å². The van der Waals surface area contributed by atoms with Crippen molar-refractivity contribution in [1.29, 1.82) is 0 Å². The molecule has 0 fully saturated rings. The Kier molecular flexibility index (Phi) is 6.91. The zero-order chi connectivity index (χ0) is 21.8. The first kappa shape index (κ1) is 22.7. The summed E-state index contributed by atoms with van der Waals surface area (Å²) in [4.78, 5) is 12.4. The molecule has 0 saturated heterocycles. The van der Waals surface area contributed by atoms with Gasteiger partial charge < -0.3 is 10.1 Å². The van der Waals surface area contributed by atoms with Crippen LogP contribution in [0.25, 0.3) is 0 Å². The molecule has 2 aromatic rings. The van der Waals surface area contributed by atoms with E-state index >= 15 is 0 Å². The third kappa shape index (κ3) is 5.07. The highest BCUT2D eigenvalue weighted by Gasteiger charge is 2.30. The number of hydrogen-bond donors (Lipinski definition) is 1. The van der Waals surface area contributed by atoms with E-state index in [1.807, 2.05) is 0 Å². The van der Waals surface area contributed by atoms with Gasteiger partial charge in [0.2, 0.25) is 10.0 Å². The molecule has 0 aromatic heterocycles. The van der Waals surface area contributed by atoms with Crippen molar-refractivity contribution in [2.24, 2.45) is 0 Å². The summed E-state index contributed by atoms with van der Waals surface area (Å²) >= 11 is 0. The molecule has 1 amide bonds. The summed E-state index contributed by atoms with van der Waals surface area (Å²) in [5.74, 6) is -0.488. The van der Waals surface area contributed by atoms with Crippen LogP contribution in [0.15, 0.2) is 47.4 Å². The molecule has 0 atom stereocenters. The second-order valence-corrected chi connectivity index (χ2v) is 7.92. The van der Waals surface area contributed by atoms with Crippen LogP contribution in [0, 0.1) is 0 Å². The fraction of sp³-hybridized carbons (Fsp3) is 0.316. The van der Waals surface area contributed by atoms with Crippen LogP contribution < -0.4 is 10.1 Å². The first-order valence-electron chi connectivity index (χ1n) is 8.71. The fourth-order valence-electron chi connectivity index (χ4n) is 2.66. The Morgan fingerprint density at radius 1 is 1.07 bits per heavy atom. The summed E-state index contributed by atoms with van der Waals surface area (Å²) in [6, 6.07) is 7.70. The average Bonchev–Trinajstić information content (AvgIpc) is 2.68. The number of alkyl halides is 3. The number of nitrogens with one attached hydrogen (secondary N) is 1. The number of hydrogen-bond acceptors (Lipinski definition) is 4. The SMILES string of the molecule is CCN(CC)S(=O)(=O)c1ccc(OC)c(NC(=O)c2ccc(C(F)(F)F)cc2)c1. The molecule has 2 aromatic carbocycles. The van der Waals surface area contributed by atoms with Crippen LogP contribution in [0.3, 0.4) is 0 Å². The number of anilines is 1. The van der Waals surface area contributed by atoms with E-state index in [2.05, 4.69) is 5.32 Å². The van der Waals surface area contributed by atoms with Crippen molar-refractivity contribution in [2.75, 3.05) is 25.5 Å². The lowest BCUT2D eigenvalue weighted by molar-refractivity contribution is -0.137. The maximum Gasteiger partial charge on any atom is 0.416 e. The van der Waals surface area contributed by atoms with Gasteiger partial charge in [-0.3, -0.25) is 4.79 Å². The molecule has 29 heavy (non-hydrogen) atoms. The lowest BCUT2D eigenvalue weighted by Crippen LogP contribution is -2.30. The number of carbonyl (C=O) groups excluding carboxylic acids is 1. The first-order chi connectivity index (χ1) is 13.5. The van der Waals surface area contributed by atoms with Gasteiger partial charge in [0.1, 0.15) is 5.75 Å².